The molecule has 0 aromatic heterocycles. The third-order valence-electron chi connectivity index (χ3n) is 1.97. The molecule has 0 aliphatic heterocycles. The minimum absolute atomic E-state index is 0.0929. The van der Waals surface area contributed by atoms with Gasteiger partial charge in [0.15, 0.2) is 11.5 Å². The number of nitrogens with two attached hydrogens (primary N) is 1. The molecule has 15 heavy (non-hydrogen) atoms. The van der Waals surface area contributed by atoms with Gasteiger partial charge in [0.25, 0.3) is 0 Å². The Morgan fingerprint density at radius 1 is 1.67 bits per heavy atom. The monoisotopic (exact) mass is 279 g/mol. The fourth-order valence-corrected chi connectivity index (χ4v) is 1.79. The molecule has 6 heteroatoms. The number of aromatic hydroxyl groups is 1. The highest BCUT2D eigenvalue weighted by Crippen LogP contribution is 2.40. The molecule has 0 amide bonds. The molecule has 4 N–H and O–H groups in total. The van der Waals surface area contributed by atoms with Crippen molar-refractivity contribution in [3.63, 3.8) is 0 Å². The van der Waals surface area contributed by atoms with Crippen LogP contribution in [-0.4, -0.2) is 23.9 Å². The van der Waals surface area contributed by atoms with Crippen molar-refractivity contribution in [2.24, 2.45) is 5.73 Å². The molecule has 0 aliphatic rings. The Morgan fingerprint density at radius 3 is 2.73 bits per heavy atom. The van der Waals surface area contributed by atoms with Crippen LogP contribution in [0.4, 0.5) is 4.39 Å². The van der Waals surface area contributed by atoms with E-state index in [9.17, 15) is 9.50 Å². The summed E-state index contributed by atoms with van der Waals surface area (Å²) in [7, 11) is 1.34. The molecule has 84 valence electrons. The van der Waals surface area contributed by atoms with Crippen molar-refractivity contribution >= 4 is 15.9 Å². The van der Waals surface area contributed by atoms with E-state index < -0.39 is 24.2 Å². The van der Waals surface area contributed by atoms with E-state index in [4.69, 9.17) is 15.6 Å². The normalized spacial score (nSPS) is 12.6. The van der Waals surface area contributed by atoms with E-state index in [1.165, 1.54) is 7.11 Å². The lowest BCUT2D eigenvalue weighted by Gasteiger charge is -2.15. The van der Waals surface area contributed by atoms with Crippen molar-refractivity contribution in [3.05, 3.63) is 21.9 Å². The largest absolute Gasteiger partial charge is 0.504 e. The van der Waals surface area contributed by atoms with Gasteiger partial charge in [-0.15, -0.1) is 0 Å². The molecule has 4 nitrogen and oxygen atoms in total. The molecule has 0 bridgehead atoms. The third kappa shape index (κ3) is 2.22. The first-order valence-electron chi connectivity index (χ1n) is 4.14. The number of phenols is 1. The molecule has 1 rings (SSSR count). The summed E-state index contributed by atoms with van der Waals surface area (Å²) in [6.07, 6.45) is 0. The van der Waals surface area contributed by atoms with Crippen molar-refractivity contribution in [1.82, 2.24) is 0 Å². The second kappa shape index (κ2) is 4.78. The molecule has 1 unspecified atom stereocenters. The first-order chi connectivity index (χ1) is 7.02. The van der Waals surface area contributed by atoms with Gasteiger partial charge >= 0.3 is 0 Å². The van der Waals surface area contributed by atoms with Gasteiger partial charge in [-0.25, -0.2) is 4.39 Å². The topological polar surface area (TPSA) is 75.7 Å². The SMILES string of the molecule is COc1c(Br)cc(F)c(C(N)CO)c1O. The predicted molar refractivity (Wildman–Crippen MR) is 56.3 cm³/mol. The highest BCUT2D eigenvalue weighted by atomic mass is 79.9. The van der Waals surface area contributed by atoms with Gasteiger partial charge in [-0.1, -0.05) is 0 Å². The molecule has 0 saturated heterocycles. The molecule has 0 aliphatic carbocycles. The Hall–Kier alpha value is -0.850. The van der Waals surface area contributed by atoms with Crippen LogP contribution in [0.3, 0.4) is 0 Å². The quantitative estimate of drug-likeness (QED) is 0.780. The summed E-state index contributed by atoms with van der Waals surface area (Å²) in [6, 6.07) is 0.149. The molecule has 0 spiro atoms. The number of ether oxygens (including phenoxy) is 1. The number of hydrogen-bond donors (Lipinski definition) is 3. The lowest BCUT2D eigenvalue weighted by atomic mass is 10.1. The van der Waals surface area contributed by atoms with Gasteiger partial charge in [-0.05, 0) is 22.0 Å². The average molecular weight is 280 g/mol. The van der Waals surface area contributed by atoms with Crippen molar-refractivity contribution in [2.75, 3.05) is 13.7 Å². The molecule has 1 atom stereocenters. The number of methoxy groups -OCH3 is 1. The van der Waals surface area contributed by atoms with Crippen LogP contribution in [0.1, 0.15) is 11.6 Å². The summed E-state index contributed by atoms with van der Waals surface area (Å²) in [4.78, 5) is 0. The molecule has 0 heterocycles. The lowest BCUT2D eigenvalue weighted by Crippen LogP contribution is -2.16. The van der Waals surface area contributed by atoms with Crippen LogP contribution in [0.5, 0.6) is 11.5 Å². The van der Waals surface area contributed by atoms with Gasteiger partial charge in [-0.3, -0.25) is 0 Å². The van der Waals surface area contributed by atoms with E-state index in [2.05, 4.69) is 15.9 Å². The van der Waals surface area contributed by atoms with E-state index in [0.717, 1.165) is 6.07 Å². The third-order valence-corrected chi connectivity index (χ3v) is 2.56. The van der Waals surface area contributed by atoms with Crippen molar-refractivity contribution < 1.29 is 19.3 Å². The second-order valence-corrected chi connectivity index (χ2v) is 3.78. The first-order valence-corrected chi connectivity index (χ1v) is 4.93. The summed E-state index contributed by atoms with van der Waals surface area (Å²) in [6.45, 7) is -0.463. The van der Waals surface area contributed by atoms with Gasteiger partial charge < -0.3 is 20.7 Å². The van der Waals surface area contributed by atoms with Gasteiger partial charge in [0.05, 0.1) is 29.8 Å². The van der Waals surface area contributed by atoms with Crippen LogP contribution in [0.2, 0.25) is 0 Å². The number of aliphatic hydroxyl groups excluding tert-OH is 1. The average Bonchev–Trinajstić information content (AvgIpc) is 2.17. The number of phenolic OH excluding ortho intramolecular Hbond substituents is 1. The molecule has 1 aromatic rings. The Bertz CT molecular complexity index is 373. The minimum atomic E-state index is -0.980. The minimum Gasteiger partial charge on any atom is -0.504 e. The Balaban J connectivity index is 3.38. The summed E-state index contributed by atoms with van der Waals surface area (Å²) in [5.74, 6) is -0.997. The van der Waals surface area contributed by atoms with Crippen molar-refractivity contribution in [3.8, 4) is 11.5 Å². The zero-order valence-corrected chi connectivity index (χ0v) is 9.58. The summed E-state index contributed by atoms with van der Waals surface area (Å²) >= 11 is 3.03. The number of rotatable bonds is 3. The Labute approximate surface area is 94.6 Å². The van der Waals surface area contributed by atoms with Gasteiger partial charge in [0, 0.05) is 0 Å². The molecule has 0 fully saturated rings. The van der Waals surface area contributed by atoms with Crippen molar-refractivity contribution in [2.45, 2.75) is 6.04 Å². The number of hydrogen-bond acceptors (Lipinski definition) is 4. The van der Waals surface area contributed by atoms with E-state index >= 15 is 0 Å². The van der Waals surface area contributed by atoms with Crippen LogP contribution >= 0.6 is 15.9 Å². The first kappa shape index (κ1) is 12.2. The van der Waals surface area contributed by atoms with Crippen molar-refractivity contribution in [1.29, 1.82) is 0 Å². The highest BCUT2D eigenvalue weighted by Gasteiger charge is 2.21. The Morgan fingerprint density at radius 2 is 2.27 bits per heavy atom. The fourth-order valence-electron chi connectivity index (χ4n) is 1.24. The van der Waals surface area contributed by atoms with E-state index in [0.29, 0.717) is 0 Å². The summed E-state index contributed by atoms with van der Waals surface area (Å²) < 4.78 is 18.6. The van der Waals surface area contributed by atoms with Gasteiger partial charge in [0.2, 0.25) is 0 Å². The smallest absolute Gasteiger partial charge is 0.175 e. The lowest BCUT2D eigenvalue weighted by molar-refractivity contribution is 0.260. The molecular weight excluding hydrogens is 269 g/mol. The molecule has 0 radical (unpaired) electrons. The van der Waals surface area contributed by atoms with Gasteiger partial charge in [0.1, 0.15) is 5.82 Å². The zero-order valence-electron chi connectivity index (χ0n) is 8.00. The maximum Gasteiger partial charge on any atom is 0.175 e. The number of aliphatic hydroxyl groups is 1. The highest BCUT2D eigenvalue weighted by molar-refractivity contribution is 9.10. The van der Waals surface area contributed by atoms with E-state index in [1.54, 1.807) is 0 Å². The summed E-state index contributed by atoms with van der Waals surface area (Å²) in [5, 5.41) is 18.5. The van der Waals surface area contributed by atoms with Gasteiger partial charge in [-0.2, -0.15) is 0 Å². The predicted octanol–water partition coefficient (Wildman–Crippen LogP) is 1.29. The molecular formula is C9H11BrFNO3. The van der Waals surface area contributed by atoms with E-state index in [-0.39, 0.29) is 15.8 Å². The second-order valence-electron chi connectivity index (χ2n) is 2.92. The molecule has 1 aromatic carbocycles. The summed E-state index contributed by atoms with van der Waals surface area (Å²) in [5.41, 5.74) is 5.29. The van der Waals surface area contributed by atoms with Crippen LogP contribution in [0, 0.1) is 5.82 Å². The maximum atomic E-state index is 13.4. The fraction of sp³-hybridized carbons (Fsp3) is 0.333. The van der Waals surface area contributed by atoms with Crippen LogP contribution in [0.25, 0.3) is 0 Å². The van der Waals surface area contributed by atoms with Crippen LogP contribution < -0.4 is 10.5 Å². The zero-order chi connectivity index (χ0) is 11.6. The molecule has 0 saturated carbocycles. The number of halogens is 2. The van der Waals surface area contributed by atoms with E-state index in [1.807, 2.05) is 0 Å². The maximum absolute atomic E-state index is 13.4. The Kier molecular flexibility index (Phi) is 3.90. The number of benzene rings is 1. The standard InChI is InChI=1S/C9H11BrFNO3/c1-15-9-4(10)2-5(11)7(8(9)14)6(12)3-13/h2,6,13-14H,3,12H2,1H3. The van der Waals surface area contributed by atoms with Crippen LogP contribution in [-0.2, 0) is 0 Å². The van der Waals surface area contributed by atoms with Crippen LogP contribution in [0.15, 0.2) is 10.5 Å².